The van der Waals surface area contributed by atoms with Gasteiger partial charge in [0.25, 0.3) is 0 Å². The average Bonchev–Trinajstić information content (AvgIpc) is 2.49. The van der Waals surface area contributed by atoms with Gasteiger partial charge in [-0.3, -0.25) is 9.00 Å². The Labute approximate surface area is 77.1 Å². The van der Waals surface area contributed by atoms with Crippen molar-refractivity contribution in [2.24, 2.45) is 0 Å². The molecule has 0 aliphatic carbocycles. The molecule has 0 spiro atoms. The lowest BCUT2D eigenvalue weighted by Gasteiger charge is -2.10. The van der Waals surface area contributed by atoms with Crippen molar-refractivity contribution >= 4 is 28.4 Å². The van der Waals surface area contributed by atoms with Crippen molar-refractivity contribution < 1.29 is 9.00 Å². The summed E-state index contributed by atoms with van der Waals surface area (Å²) in [4.78, 5) is 10.6. The van der Waals surface area contributed by atoms with E-state index in [1.54, 1.807) is 5.38 Å². The summed E-state index contributed by atoms with van der Waals surface area (Å²) in [6.45, 7) is 0. The van der Waals surface area contributed by atoms with Crippen LogP contribution in [0, 0.1) is 0 Å². The minimum Gasteiger partial charge on any atom is -0.298 e. The number of thiophene rings is 1. The standard InChI is InChI=1S/C8H8O2S2/c9-4-6-5-11-8-7(6)2-1-3-12(8)10/h4-5H,1-3H2. The van der Waals surface area contributed by atoms with Crippen molar-refractivity contribution in [1.29, 1.82) is 0 Å². The smallest absolute Gasteiger partial charge is 0.151 e. The lowest BCUT2D eigenvalue weighted by Crippen LogP contribution is -2.08. The maximum Gasteiger partial charge on any atom is 0.151 e. The third kappa shape index (κ3) is 1.15. The number of carbonyl (C=O) groups is 1. The largest absolute Gasteiger partial charge is 0.298 e. The number of carbonyl (C=O) groups excluding carboxylic acids is 1. The van der Waals surface area contributed by atoms with E-state index in [1.165, 1.54) is 11.3 Å². The lowest BCUT2D eigenvalue weighted by molar-refractivity contribution is 0.112. The summed E-state index contributed by atoms with van der Waals surface area (Å²) >= 11 is 1.45. The number of rotatable bonds is 1. The van der Waals surface area contributed by atoms with Crippen LogP contribution >= 0.6 is 11.3 Å². The Kier molecular flexibility index (Phi) is 2.11. The van der Waals surface area contributed by atoms with E-state index in [1.807, 2.05) is 0 Å². The van der Waals surface area contributed by atoms with E-state index in [0.29, 0.717) is 0 Å². The molecule has 1 aliphatic heterocycles. The number of hydrogen-bond acceptors (Lipinski definition) is 3. The zero-order valence-corrected chi connectivity index (χ0v) is 8.04. The molecule has 0 aromatic carbocycles. The van der Waals surface area contributed by atoms with E-state index in [2.05, 4.69) is 0 Å². The molecule has 0 saturated carbocycles. The fourth-order valence-corrected chi connectivity index (χ4v) is 4.09. The highest BCUT2D eigenvalue weighted by molar-refractivity contribution is 7.87. The van der Waals surface area contributed by atoms with Crippen molar-refractivity contribution in [2.75, 3.05) is 5.75 Å². The number of fused-ring (bicyclic) bond motifs is 1. The molecule has 0 N–H and O–H groups in total. The molecule has 0 bridgehead atoms. The van der Waals surface area contributed by atoms with Gasteiger partial charge in [-0.1, -0.05) is 0 Å². The lowest BCUT2D eigenvalue weighted by atomic mass is 10.1. The van der Waals surface area contributed by atoms with E-state index in [9.17, 15) is 9.00 Å². The highest BCUT2D eigenvalue weighted by Crippen LogP contribution is 2.30. The molecule has 2 rings (SSSR count). The molecule has 12 heavy (non-hydrogen) atoms. The first-order valence-corrected chi connectivity index (χ1v) is 5.96. The van der Waals surface area contributed by atoms with Gasteiger partial charge in [0.1, 0.15) is 0 Å². The van der Waals surface area contributed by atoms with E-state index in [4.69, 9.17) is 0 Å². The molecule has 2 heterocycles. The van der Waals surface area contributed by atoms with Crippen LogP contribution in [0.4, 0.5) is 0 Å². The van der Waals surface area contributed by atoms with Gasteiger partial charge in [-0.2, -0.15) is 0 Å². The van der Waals surface area contributed by atoms with Crippen LogP contribution in [0.3, 0.4) is 0 Å². The Hall–Kier alpha value is -0.480. The Morgan fingerprint density at radius 2 is 2.42 bits per heavy atom. The molecular weight excluding hydrogens is 192 g/mol. The maximum absolute atomic E-state index is 11.4. The fourth-order valence-electron chi connectivity index (χ4n) is 1.39. The first-order valence-electron chi connectivity index (χ1n) is 3.77. The summed E-state index contributed by atoms with van der Waals surface area (Å²) in [5.41, 5.74) is 1.77. The molecule has 2 nitrogen and oxygen atoms in total. The second-order valence-corrected chi connectivity index (χ2v) is 5.37. The Morgan fingerprint density at radius 1 is 1.58 bits per heavy atom. The quantitative estimate of drug-likeness (QED) is 0.645. The number of hydrogen-bond donors (Lipinski definition) is 0. The normalized spacial score (nSPS) is 21.8. The number of aldehydes is 1. The summed E-state index contributed by atoms with van der Waals surface area (Å²) in [6, 6.07) is 0. The van der Waals surface area contributed by atoms with E-state index in [0.717, 1.165) is 40.2 Å². The van der Waals surface area contributed by atoms with Crippen LogP contribution in [-0.2, 0) is 17.2 Å². The zero-order chi connectivity index (χ0) is 8.55. The highest BCUT2D eigenvalue weighted by atomic mass is 32.2. The molecule has 4 heteroatoms. The van der Waals surface area contributed by atoms with Gasteiger partial charge in [0.2, 0.25) is 0 Å². The fraction of sp³-hybridized carbons (Fsp3) is 0.375. The van der Waals surface area contributed by atoms with Crippen LogP contribution in [0.1, 0.15) is 22.3 Å². The van der Waals surface area contributed by atoms with Crippen LogP contribution in [0.2, 0.25) is 0 Å². The summed E-state index contributed by atoms with van der Waals surface area (Å²) < 4.78 is 12.3. The van der Waals surface area contributed by atoms with Gasteiger partial charge in [0.15, 0.2) is 6.29 Å². The maximum atomic E-state index is 11.4. The van der Waals surface area contributed by atoms with Gasteiger partial charge >= 0.3 is 0 Å². The third-order valence-corrected chi connectivity index (χ3v) is 4.98. The third-order valence-electron chi connectivity index (χ3n) is 1.98. The van der Waals surface area contributed by atoms with Crippen molar-refractivity contribution in [2.45, 2.75) is 17.1 Å². The monoisotopic (exact) mass is 200 g/mol. The predicted molar refractivity (Wildman–Crippen MR) is 49.3 cm³/mol. The summed E-state index contributed by atoms with van der Waals surface area (Å²) in [7, 11) is -0.836. The predicted octanol–water partition coefficient (Wildman–Crippen LogP) is 1.61. The highest BCUT2D eigenvalue weighted by Gasteiger charge is 2.20. The van der Waals surface area contributed by atoms with Crippen molar-refractivity contribution in [3.05, 3.63) is 16.5 Å². The SMILES string of the molecule is O=Cc1csc2c1CCCS2=O. The molecule has 1 aromatic heterocycles. The topological polar surface area (TPSA) is 34.1 Å². The molecule has 0 fully saturated rings. The first kappa shape index (κ1) is 8.13. The molecule has 1 unspecified atom stereocenters. The minimum atomic E-state index is -0.836. The van der Waals surface area contributed by atoms with Crippen LogP contribution < -0.4 is 0 Å². The van der Waals surface area contributed by atoms with Gasteiger partial charge in [0, 0.05) is 16.7 Å². The first-order chi connectivity index (χ1) is 5.83. The van der Waals surface area contributed by atoms with Gasteiger partial charge in [0.05, 0.1) is 15.0 Å². The Bertz CT molecular complexity index is 341. The molecular formula is C8H8O2S2. The van der Waals surface area contributed by atoms with Crippen LogP contribution in [0.15, 0.2) is 9.59 Å². The van der Waals surface area contributed by atoms with Crippen molar-refractivity contribution in [3.63, 3.8) is 0 Å². The minimum absolute atomic E-state index is 0.739. The molecule has 0 amide bonds. The molecule has 0 saturated heterocycles. The Morgan fingerprint density at radius 3 is 3.17 bits per heavy atom. The zero-order valence-electron chi connectivity index (χ0n) is 6.41. The van der Waals surface area contributed by atoms with Crippen LogP contribution in [0.5, 0.6) is 0 Å². The molecule has 1 aromatic rings. The van der Waals surface area contributed by atoms with Gasteiger partial charge in [-0.05, 0) is 18.4 Å². The van der Waals surface area contributed by atoms with E-state index >= 15 is 0 Å². The summed E-state index contributed by atoms with van der Waals surface area (Å²) in [6.07, 6.45) is 2.72. The van der Waals surface area contributed by atoms with Crippen molar-refractivity contribution in [1.82, 2.24) is 0 Å². The van der Waals surface area contributed by atoms with Crippen LogP contribution in [0.25, 0.3) is 0 Å². The van der Waals surface area contributed by atoms with E-state index in [-0.39, 0.29) is 0 Å². The summed E-state index contributed by atoms with van der Waals surface area (Å²) in [5, 5.41) is 1.81. The van der Waals surface area contributed by atoms with Gasteiger partial charge < -0.3 is 0 Å². The molecule has 1 atom stereocenters. The molecule has 1 aliphatic rings. The molecule has 64 valence electrons. The average molecular weight is 200 g/mol. The van der Waals surface area contributed by atoms with Crippen molar-refractivity contribution in [3.8, 4) is 0 Å². The summed E-state index contributed by atoms with van der Waals surface area (Å²) in [5.74, 6) is 0.756. The van der Waals surface area contributed by atoms with E-state index < -0.39 is 10.8 Å². The van der Waals surface area contributed by atoms with Gasteiger partial charge in [-0.25, -0.2) is 0 Å². The van der Waals surface area contributed by atoms with Crippen LogP contribution in [-0.4, -0.2) is 16.2 Å². The second kappa shape index (κ2) is 3.11. The molecule has 0 radical (unpaired) electrons. The van der Waals surface area contributed by atoms with Gasteiger partial charge in [-0.15, -0.1) is 11.3 Å². The Balaban J connectivity index is 2.54. The second-order valence-electron chi connectivity index (χ2n) is 2.73.